The Labute approximate surface area is 174 Å². The predicted molar refractivity (Wildman–Crippen MR) is 108 cm³/mol. The molecule has 1 aliphatic heterocycles. The summed E-state index contributed by atoms with van der Waals surface area (Å²) in [6.45, 7) is 0.705. The smallest absolute Gasteiger partial charge is 0.257 e. The third-order valence-electron chi connectivity index (χ3n) is 4.89. The molecule has 1 aliphatic rings. The van der Waals surface area contributed by atoms with Crippen LogP contribution in [0.2, 0.25) is 0 Å². The fourth-order valence-corrected chi connectivity index (χ4v) is 4.64. The number of pyridine rings is 1. The van der Waals surface area contributed by atoms with Gasteiger partial charge >= 0.3 is 0 Å². The van der Waals surface area contributed by atoms with E-state index in [9.17, 15) is 8.42 Å². The molecule has 3 heterocycles. The van der Waals surface area contributed by atoms with Crippen LogP contribution in [-0.2, 0) is 21.2 Å². The summed E-state index contributed by atoms with van der Waals surface area (Å²) < 4.78 is 43.2. The maximum atomic E-state index is 12.8. The SMILES string of the molecule is COc1ccc(-c2noc(C3CN(S(=O)(=O)CCc4ccncc4)CCO3)n2)cc1. The second-order valence-corrected chi connectivity index (χ2v) is 8.91. The van der Waals surface area contributed by atoms with E-state index in [0.717, 1.165) is 16.9 Å². The molecular formula is C20H22N4O5S. The minimum absolute atomic E-state index is 0.0185. The number of aryl methyl sites for hydroxylation is 1. The van der Waals surface area contributed by atoms with Crippen LogP contribution in [0, 0.1) is 0 Å². The molecule has 158 valence electrons. The van der Waals surface area contributed by atoms with Crippen LogP contribution in [0.1, 0.15) is 17.6 Å². The van der Waals surface area contributed by atoms with Crippen molar-refractivity contribution in [3.63, 3.8) is 0 Å². The zero-order chi connectivity index (χ0) is 21.0. The number of aromatic nitrogens is 3. The highest BCUT2D eigenvalue weighted by atomic mass is 32.2. The lowest BCUT2D eigenvalue weighted by Crippen LogP contribution is -2.43. The summed E-state index contributed by atoms with van der Waals surface area (Å²) in [5.41, 5.74) is 1.70. The molecule has 0 saturated carbocycles. The van der Waals surface area contributed by atoms with Gasteiger partial charge < -0.3 is 14.0 Å². The van der Waals surface area contributed by atoms with Crippen molar-refractivity contribution in [3.05, 3.63) is 60.2 Å². The van der Waals surface area contributed by atoms with Gasteiger partial charge in [0, 0.05) is 31.0 Å². The quantitative estimate of drug-likeness (QED) is 0.561. The highest BCUT2D eigenvalue weighted by Crippen LogP contribution is 2.26. The minimum Gasteiger partial charge on any atom is -0.497 e. The average Bonchev–Trinajstić information content (AvgIpc) is 3.29. The van der Waals surface area contributed by atoms with Crippen molar-refractivity contribution in [2.24, 2.45) is 0 Å². The van der Waals surface area contributed by atoms with Crippen molar-refractivity contribution in [2.75, 3.05) is 32.6 Å². The summed E-state index contributed by atoms with van der Waals surface area (Å²) in [6, 6.07) is 10.9. The third kappa shape index (κ3) is 4.66. The van der Waals surface area contributed by atoms with E-state index < -0.39 is 16.1 Å². The highest BCUT2D eigenvalue weighted by Gasteiger charge is 2.33. The van der Waals surface area contributed by atoms with Gasteiger partial charge in [-0.15, -0.1) is 0 Å². The lowest BCUT2D eigenvalue weighted by Gasteiger charge is -2.30. The first kappa shape index (κ1) is 20.5. The fourth-order valence-electron chi connectivity index (χ4n) is 3.18. The van der Waals surface area contributed by atoms with Crippen LogP contribution in [-0.4, -0.2) is 60.4 Å². The third-order valence-corrected chi connectivity index (χ3v) is 6.72. The molecule has 9 nitrogen and oxygen atoms in total. The summed E-state index contributed by atoms with van der Waals surface area (Å²) in [5, 5.41) is 4.00. The molecule has 1 unspecified atom stereocenters. The Kier molecular flexibility index (Phi) is 6.07. The number of methoxy groups -OCH3 is 1. The van der Waals surface area contributed by atoms with Crippen LogP contribution < -0.4 is 4.74 Å². The van der Waals surface area contributed by atoms with Crippen molar-refractivity contribution in [2.45, 2.75) is 12.5 Å². The van der Waals surface area contributed by atoms with Gasteiger partial charge in [0.25, 0.3) is 5.89 Å². The van der Waals surface area contributed by atoms with E-state index in [1.54, 1.807) is 31.6 Å². The topological polar surface area (TPSA) is 108 Å². The van der Waals surface area contributed by atoms with Crippen molar-refractivity contribution >= 4 is 10.0 Å². The molecule has 1 atom stereocenters. The predicted octanol–water partition coefficient (Wildman–Crippen LogP) is 2.09. The Morgan fingerprint density at radius 1 is 1.17 bits per heavy atom. The van der Waals surface area contributed by atoms with Gasteiger partial charge in [-0.05, 0) is 48.4 Å². The van der Waals surface area contributed by atoms with Crippen LogP contribution in [0.5, 0.6) is 5.75 Å². The number of rotatable bonds is 7. The Morgan fingerprint density at radius 2 is 1.93 bits per heavy atom. The first-order valence-corrected chi connectivity index (χ1v) is 11.1. The highest BCUT2D eigenvalue weighted by molar-refractivity contribution is 7.89. The lowest BCUT2D eigenvalue weighted by atomic mass is 10.2. The number of nitrogens with zero attached hydrogens (tertiary/aromatic N) is 4. The van der Waals surface area contributed by atoms with Crippen LogP contribution in [0.15, 0.2) is 53.3 Å². The Bertz CT molecular complexity index is 1070. The number of hydrogen-bond acceptors (Lipinski definition) is 8. The molecule has 1 aromatic carbocycles. The van der Waals surface area contributed by atoms with Gasteiger partial charge in [-0.2, -0.15) is 9.29 Å². The van der Waals surface area contributed by atoms with E-state index >= 15 is 0 Å². The number of sulfonamides is 1. The van der Waals surface area contributed by atoms with Gasteiger partial charge in [0.15, 0.2) is 6.10 Å². The molecule has 2 aromatic heterocycles. The van der Waals surface area contributed by atoms with E-state index in [1.807, 2.05) is 24.3 Å². The Balaban J connectivity index is 1.42. The van der Waals surface area contributed by atoms with Crippen molar-refractivity contribution in [1.29, 1.82) is 0 Å². The molecule has 0 bridgehead atoms. The van der Waals surface area contributed by atoms with Crippen molar-refractivity contribution < 1.29 is 22.4 Å². The summed E-state index contributed by atoms with van der Waals surface area (Å²) in [7, 11) is -1.85. The molecule has 0 spiro atoms. The standard InChI is InChI=1S/C20H22N4O5S/c1-27-17-4-2-16(3-5-17)19-22-20(29-23-19)18-14-24(11-12-28-18)30(25,26)13-8-15-6-9-21-10-7-15/h2-7,9-10,18H,8,11-14H2,1H3. The molecular weight excluding hydrogens is 408 g/mol. The average molecular weight is 430 g/mol. The van der Waals surface area contributed by atoms with Gasteiger partial charge in [-0.3, -0.25) is 4.98 Å². The van der Waals surface area contributed by atoms with E-state index in [-0.39, 0.29) is 24.8 Å². The van der Waals surface area contributed by atoms with Gasteiger partial charge in [-0.1, -0.05) is 5.16 Å². The van der Waals surface area contributed by atoms with E-state index in [2.05, 4.69) is 15.1 Å². The van der Waals surface area contributed by atoms with E-state index in [0.29, 0.717) is 18.8 Å². The van der Waals surface area contributed by atoms with Crippen LogP contribution in [0.25, 0.3) is 11.4 Å². The summed E-state index contributed by atoms with van der Waals surface area (Å²) in [4.78, 5) is 8.35. The fraction of sp³-hybridized carbons (Fsp3) is 0.350. The van der Waals surface area contributed by atoms with Gasteiger partial charge in [0.05, 0.1) is 19.5 Å². The molecule has 0 aliphatic carbocycles. The Morgan fingerprint density at radius 3 is 2.67 bits per heavy atom. The zero-order valence-electron chi connectivity index (χ0n) is 16.5. The Hall–Kier alpha value is -2.82. The number of morpholine rings is 1. The zero-order valence-corrected chi connectivity index (χ0v) is 17.3. The maximum Gasteiger partial charge on any atom is 0.257 e. The maximum absolute atomic E-state index is 12.8. The molecule has 1 saturated heterocycles. The minimum atomic E-state index is -3.45. The molecule has 1 fully saturated rings. The van der Waals surface area contributed by atoms with Crippen LogP contribution in [0.4, 0.5) is 0 Å². The molecule has 0 amide bonds. The van der Waals surface area contributed by atoms with Gasteiger partial charge in [0.2, 0.25) is 15.8 Å². The second-order valence-electron chi connectivity index (χ2n) is 6.82. The summed E-state index contributed by atoms with van der Waals surface area (Å²) in [5.74, 6) is 1.42. The summed E-state index contributed by atoms with van der Waals surface area (Å²) in [6.07, 6.45) is 3.13. The van der Waals surface area contributed by atoms with Crippen molar-refractivity contribution in [3.8, 4) is 17.1 Å². The van der Waals surface area contributed by atoms with Crippen LogP contribution >= 0.6 is 0 Å². The molecule has 0 radical (unpaired) electrons. The summed E-state index contributed by atoms with van der Waals surface area (Å²) >= 11 is 0. The second kappa shape index (κ2) is 8.90. The van der Waals surface area contributed by atoms with Crippen LogP contribution in [0.3, 0.4) is 0 Å². The largest absolute Gasteiger partial charge is 0.497 e. The molecule has 3 aromatic rings. The van der Waals surface area contributed by atoms with Gasteiger partial charge in [0.1, 0.15) is 5.75 Å². The number of ether oxygens (including phenoxy) is 2. The van der Waals surface area contributed by atoms with E-state index in [4.69, 9.17) is 14.0 Å². The first-order valence-electron chi connectivity index (χ1n) is 9.51. The molecule has 4 rings (SSSR count). The number of hydrogen-bond donors (Lipinski definition) is 0. The van der Waals surface area contributed by atoms with Crippen molar-refractivity contribution in [1.82, 2.24) is 19.4 Å². The molecule has 30 heavy (non-hydrogen) atoms. The normalized spacial score (nSPS) is 17.7. The van der Waals surface area contributed by atoms with E-state index in [1.165, 1.54) is 4.31 Å². The molecule has 0 N–H and O–H groups in total. The lowest BCUT2D eigenvalue weighted by molar-refractivity contribution is -0.0199. The number of benzene rings is 1. The first-order chi connectivity index (χ1) is 14.5. The monoisotopic (exact) mass is 430 g/mol. The van der Waals surface area contributed by atoms with Gasteiger partial charge in [-0.25, -0.2) is 8.42 Å². The molecule has 10 heteroatoms.